The maximum atomic E-state index is 6.06. The van der Waals surface area contributed by atoms with Crippen molar-refractivity contribution in [2.24, 2.45) is 12.8 Å². The van der Waals surface area contributed by atoms with Crippen molar-refractivity contribution in [3.05, 3.63) is 11.3 Å². The molecule has 2 atom stereocenters. The van der Waals surface area contributed by atoms with E-state index in [4.69, 9.17) is 15.2 Å². The Morgan fingerprint density at radius 1 is 1.55 bits per heavy atom. The van der Waals surface area contributed by atoms with Crippen LogP contribution in [0.25, 0.3) is 0 Å². The van der Waals surface area contributed by atoms with E-state index in [9.17, 15) is 0 Å². The minimum atomic E-state index is 0.128. The number of hydrogen-bond donors (Lipinski definition) is 1. The highest BCUT2D eigenvalue weighted by molar-refractivity contribution is 5.34. The quantitative estimate of drug-likeness (QED) is 0.887. The monoisotopic (exact) mass is 282 g/mol. The number of aromatic nitrogens is 2. The summed E-state index contributed by atoms with van der Waals surface area (Å²) in [5.41, 5.74) is 8.15. The Bertz CT molecular complexity index is 447. The van der Waals surface area contributed by atoms with Crippen molar-refractivity contribution in [2.45, 2.75) is 32.4 Å². The van der Waals surface area contributed by atoms with E-state index in [-0.39, 0.29) is 12.1 Å². The molecule has 1 aliphatic heterocycles. The van der Waals surface area contributed by atoms with Gasteiger partial charge >= 0.3 is 0 Å². The molecule has 114 valence electrons. The molecule has 0 bridgehead atoms. The molecule has 0 spiro atoms. The first kappa shape index (κ1) is 15.3. The number of nitrogens with two attached hydrogens (primary N) is 1. The van der Waals surface area contributed by atoms with Crippen molar-refractivity contribution in [1.29, 1.82) is 0 Å². The second kappa shape index (κ2) is 6.56. The molecule has 20 heavy (non-hydrogen) atoms. The summed E-state index contributed by atoms with van der Waals surface area (Å²) in [6, 6.07) is 0.128. The lowest BCUT2D eigenvalue weighted by atomic mass is 10.0. The minimum Gasteiger partial charge on any atom is -0.481 e. The van der Waals surface area contributed by atoms with Crippen LogP contribution in [0.2, 0.25) is 0 Å². The lowest BCUT2D eigenvalue weighted by Gasteiger charge is -2.31. The predicted octanol–water partition coefficient (Wildman–Crippen LogP) is 0.848. The zero-order chi connectivity index (χ0) is 14.7. The lowest BCUT2D eigenvalue weighted by Crippen LogP contribution is -2.38. The Labute approximate surface area is 120 Å². The molecule has 2 rings (SSSR count). The highest BCUT2D eigenvalue weighted by atomic mass is 16.5. The maximum Gasteiger partial charge on any atom is 0.216 e. The van der Waals surface area contributed by atoms with E-state index in [1.54, 1.807) is 11.8 Å². The van der Waals surface area contributed by atoms with Gasteiger partial charge in [0, 0.05) is 33.3 Å². The van der Waals surface area contributed by atoms with E-state index >= 15 is 0 Å². The molecule has 0 radical (unpaired) electrons. The van der Waals surface area contributed by atoms with Crippen molar-refractivity contribution in [1.82, 2.24) is 14.7 Å². The summed E-state index contributed by atoms with van der Waals surface area (Å²) in [6.45, 7) is 7.37. The Balaban J connectivity index is 2.31. The second-order valence-electron chi connectivity index (χ2n) is 5.41. The highest BCUT2D eigenvalue weighted by Gasteiger charge is 2.29. The van der Waals surface area contributed by atoms with Crippen molar-refractivity contribution in [3.63, 3.8) is 0 Å². The fourth-order valence-electron chi connectivity index (χ4n) is 3.04. The third-order valence-corrected chi connectivity index (χ3v) is 3.89. The number of aryl methyl sites for hydroxylation is 2. The van der Waals surface area contributed by atoms with Gasteiger partial charge in [-0.05, 0) is 20.3 Å². The molecule has 6 heteroatoms. The van der Waals surface area contributed by atoms with Gasteiger partial charge in [-0.1, -0.05) is 0 Å². The SMILES string of the molecule is COc1c(C(CN)N2CCCOC(C)C2)c(C)nn1C. The highest BCUT2D eigenvalue weighted by Crippen LogP contribution is 2.32. The van der Waals surface area contributed by atoms with Crippen LogP contribution >= 0.6 is 0 Å². The van der Waals surface area contributed by atoms with Gasteiger partial charge in [0.25, 0.3) is 0 Å². The second-order valence-corrected chi connectivity index (χ2v) is 5.41. The van der Waals surface area contributed by atoms with Crippen LogP contribution in [0, 0.1) is 6.92 Å². The van der Waals surface area contributed by atoms with Gasteiger partial charge in [0.15, 0.2) is 0 Å². The van der Waals surface area contributed by atoms with Gasteiger partial charge in [-0.15, -0.1) is 0 Å². The first-order valence-electron chi connectivity index (χ1n) is 7.21. The Hall–Kier alpha value is -1.11. The largest absolute Gasteiger partial charge is 0.481 e. The lowest BCUT2D eigenvalue weighted by molar-refractivity contribution is 0.0609. The molecular weight excluding hydrogens is 256 g/mol. The predicted molar refractivity (Wildman–Crippen MR) is 77.9 cm³/mol. The number of rotatable bonds is 4. The van der Waals surface area contributed by atoms with Gasteiger partial charge < -0.3 is 15.2 Å². The zero-order valence-electron chi connectivity index (χ0n) is 12.9. The van der Waals surface area contributed by atoms with Crippen LogP contribution in [0.5, 0.6) is 5.88 Å². The van der Waals surface area contributed by atoms with E-state index < -0.39 is 0 Å². The summed E-state index contributed by atoms with van der Waals surface area (Å²) in [4.78, 5) is 2.39. The molecule has 1 fully saturated rings. The summed E-state index contributed by atoms with van der Waals surface area (Å²) in [6.07, 6.45) is 1.26. The third kappa shape index (κ3) is 2.97. The molecule has 1 aliphatic rings. The molecule has 0 amide bonds. The molecule has 1 aromatic rings. The van der Waals surface area contributed by atoms with E-state index in [2.05, 4.69) is 16.9 Å². The molecule has 0 saturated carbocycles. The summed E-state index contributed by atoms with van der Waals surface area (Å²) in [5.74, 6) is 0.802. The Morgan fingerprint density at radius 3 is 2.95 bits per heavy atom. The number of nitrogens with zero attached hydrogens (tertiary/aromatic N) is 3. The maximum absolute atomic E-state index is 6.06. The minimum absolute atomic E-state index is 0.128. The van der Waals surface area contributed by atoms with E-state index in [1.165, 1.54) is 0 Å². The molecule has 2 unspecified atom stereocenters. The van der Waals surface area contributed by atoms with E-state index in [1.807, 2.05) is 14.0 Å². The summed E-state index contributed by atoms with van der Waals surface area (Å²) < 4.78 is 13.0. The van der Waals surface area contributed by atoms with Crippen molar-refractivity contribution >= 4 is 0 Å². The zero-order valence-corrected chi connectivity index (χ0v) is 12.9. The molecule has 0 aromatic carbocycles. The van der Waals surface area contributed by atoms with Crippen LogP contribution in [0.1, 0.15) is 30.6 Å². The fraction of sp³-hybridized carbons (Fsp3) is 0.786. The normalized spacial score (nSPS) is 22.6. The standard InChI is InChI=1S/C14H26N4O2/c1-10-9-18(6-5-7-20-10)12(8-15)13-11(2)16-17(3)14(13)19-4/h10,12H,5-9,15H2,1-4H3. The average Bonchev–Trinajstić information content (AvgIpc) is 2.58. The molecule has 1 saturated heterocycles. The molecular formula is C14H26N4O2. The molecule has 1 aromatic heterocycles. The average molecular weight is 282 g/mol. The first-order chi connectivity index (χ1) is 9.58. The third-order valence-electron chi connectivity index (χ3n) is 3.89. The van der Waals surface area contributed by atoms with Gasteiger partial charge in [-0.25, -0.2) is 4.68 Å². The molecule has 6 nitrogen and oxygen atoms in total. The van der Waals surface area contributed by atoms with Gasteiger partial charge in [0.05, 0.1) is 30.5 Å². The smallest absolute Gasteiger partial charge is 0.216 e. The topological polar surface area (TPSA) is 65.5 Å². The van der Waals surface area contributed by atoms with Gasteiger partial charge in [0.2, 0.25) is 5.88 Å². The van der Waals surface area contributed by atoms with Crippen LogP contribution in [0.15, 0.2) is 0 Å². The van der Waals surface area contributed by atoms with Crippen molar-refractivity contribution < 1.29 is 9.47 Å². The Morgan fingerprint density at radius 2 is 2.30 bits per heavy atom. The molecule has 2 N–H and O–H groups in total. The van der Waals surface area contributed by atoms with E-state index in [0.29, 0.717) is 6.54 Å². The van der Waals surface area contributed by atoms with Gasteiger partial charge in [0.1, 0.15) is 0 Å². The molecule has 0 aliphatic carbocycles. The fourth-order valence-corrected chi connectivity index (χ4v) is 3.04. The summed E-state index contributed by atoms with van der Waals surface area (Å²) in [7, 11) is 3.58. The van der Waals surface area contributed by atoms with Gasteiger partial charge in [-0.3, -0.25) is 4.90 Å². The van der Waals surface area contributed by atoms with Crippen LogP contribution in [0.3, 0.4) is 0 Å². The summed E-state index contributed by atoms with van der Waals surface area (Å²) in [5, 5.41) is 4.47. The van der Waals surface area contributed by atoms with Crippen LogP contribution in [0.4, 0.5) is 0 Å². The number of hydrogen-bond acceptors (Lipinski definition) is 5. The van der Waals surface area contributed by atoms with Crippen LogP contribution in [-0.2, 0) is 11.8 Å². The Kier molecular flexibility index (Phi) is 5.01. The molecule has 2 heterocycles. The van der Waals surface area contributed by atoms with E-state index in [0.717, 1.165) is 43.3 Å². The number of ether oxygens (including phenoxy) is 2. The summed E-state index contributed by atoms with van der Waals surface area (Å²) >= 11 is 0. The van der Waals surface area contributed by atoms with Crippen LogP contribution < -0.4 is 10.5 Å². The van der Waals surface area contributed by atoms with Crippen molar-refractivity contribution in [3.8, 4) is 5.88 Å². The van der Waals surface area contributed by atoms with Crippen LogP contribution in [-0.4, -0.2) is 54.1 Å². The van der Waals surface area contributed by atoms with Gasteiger partial charge in [-0.2, -0.15) is 5.10 Å². The number of methoxy groups -OCH3 is 1. The first-order valence-corrected chi connectivity index (χ1v) is 7.21. The van der Waals surface area contributed by atoms with Crippen molar-refractivity contribution in [2.75, 3.05) is 33.4 Å².